The molecule has 1 saturated heterocycles. The molecule has 0 atom stereocenters. The van der Waals surface area contributed by atoms with E-state index >= 15 is 0 Å². The summed E-state index contributed by atoms with van der Waals surface area (Å²) >= 11 is 1.80. The van der Waals surface area contributed by atoms with Crippen molar-refractivity contribution < 1.29 is 14.3 Å². The molecule has 6 heteroatoms. The Labute approximate surface area is 188 Å². The number of rotatable bonds is 8. The molecule has 0 bridgehead atoms. The van der Waals surface area contributed by atoms with Crippen LogP contribution < -0.4 is 9.64 Å². The largest absolute Gasteiger partial charge is 0.494 e. The highest BCUT2D eigenvalue weighted by atomic mass is 32.1. The van der Waals surface area contributed by atoms with Crippen LogP contribution in [0.3, 0.4) is 0 Å². The molecule has 1 aromatic heterocycles. The molecule has 0 radical (unpaired) electrons. The first-order valence-electron chi connectivity index (χ1n) is 11.1. The number of anilines is 1. The van der Waals surface area contributed by atoms with Crippen LogP contribution in [0.25, 0.3) is 10.2 Å². The van der Waals surface area contributed by atoms with E-state index in [2.05, 4.69) is 30.0 Å². The molecule has 3 aromatic rings. The summed E-state index contributed by atoms with van der Waals surface area (Å²) < 4.78 is 12.3. The molecule has 0 amide bonds. The summed E-state index contributed by atoms with van der Waals surface area (Å²) in [7, 11) is 0. The predicted molar refractivity (Wildman–Crippen MR) is 126 cm³/mol. The summed E-state index contributed by atoms with van der Waals surface area (Å²) in [5.41, 5.74) is 3.31. The van der Waals surface area contributed by atoms with E-state index in [0.29, 0.717) is 19.1 Å². The Balaban J connectivity index is 1.23. The molecule has 0 spiro atoms. The van der Waals surface area contributed by atoms with Crippen molar-refractivity contribution in [2.75, 3.05) is 31.2 Å². The van der Waals surface area contributed by atoms with Crippen molar-refractivity contribution in [1.82, 2.24) is 4.98 Å². The Bertz CT molecular complexity index is 1020. The lowest BCUT2D eigenvalue weighted by molar-refractivity contribution is -0.142. The first kappa shape index (κ1) is 21.6. The fourth-order valence-corrected chi connectivity index (χ4v) is 5.15. The van der Waals surface area contributed by atoms with Gasteiger partial charge in [0, 0.05) is 13.1 Å². The zero-order valence-corrected chi connectivity index (χ0v) is 19.1. The molecule has 1 aliphatic heterocycles. The van der Waals surface area contributed by atoms with Gasteiger partial charge in [-0.15, -0.1) is 0 Å². The van der Waals surface area contributed by atoms with E-state index in [9.17, 15) is 4.79 Å². The molecule has 1 aliphatic rings. The smallest absolute Gasteiger partial charge is 0.310 e. The lowest BCUT2D eigenvalue weighted by Crippen LogP contribution is -2.34. The third-order valence-electron chi connectivity index (χ3n) is 5.76. The maximum atomic E-state index is 11.7. The van der Waals surface area contributed by atoms with Crippen LogP contribution in [0, 0.1) is 12.8 Å². The number of hydrogen-bond donors (Lipinski definition) is 0. The summed E-state index contributed by atoms with van der Waals surface area (Å²) in [5, 5.41) is 1.15. The second-order valence-electron chi connectivity index (χ2n) is 8.16. The van der Waals surface area contributed by atoms with Crippen molar-refractivity contribution in [2.24, 2.45) is 5.92 Å². The number of benzene rings is 2. The highest BCUT2D eigenvalue weighted by Gasteiger charge is 2.21. The third kappa shape index (κ3) is 5.76. The van der Waals surface area contributed by atoms with Crippen molar-refractivity contribution in [3.05, 3.63) is 53.6 Å². The number of esters is 1. The minimum atomic E-state index is -0.199. The van der Waals surface area contributed by atoms with Crippen LogP contribution in [0.15, 0.2) is 42.5 Å². The average Bonchev–Trinajstić information content (AvgIpc) is 3.18. The van der Waals surface area contributed by atoms with Gasteiger partial charge in [0.25, 0.3) is 0 Å². The Morgan fingerprint density at radius 1 is 1.19 bits per heavy atom. The summed E-state index contributed by atoms with van der Waals surface area (Å²) in [6.45, 7) is 7.17. The van der Waals surface area contributed by atoms with Gasteiger partial charge < -0.3 is 14.4 Å². The normalized spacial score (nSPS) is 14.7. The average molecular weight is 439 g/mol. The highest BCUT2D eigenvalue weighted by molar-refractivity contribution is 7.22. The number of carbonyl (C=O) groups excluding carboxylic acids is 1. The maximum Gasteiger partial charge on any atom is 0.310 e. The number of carbonyl (C=O) groups is 1. The molecule has 2 aromatic carbocycles. The number of nitrogens with zero attached hydrogens (tertiary/aromatic N) is 2. The van der Waals surface area contributed by atoms with Gasteiger partial charge in [-0.1, -0.05) is 29.5 Å². The zero-order chi connectivity index (χ0) is 21.6. The van der Waals surface area contributed by atoms with Gasteiger partial charge >= 0.3 is 5.97 Å². The molecular weight excluding hydrogens is 408 g/mol. The number of thiazole rings is 1. The Kier molecular flexibility index (Phi) is 7.07. The fraction of sp³-hybridized carbons (Fsp3) is 0.440. The molecule has 4 rings (SSSR count). The Hall–Kier alpha value is -2.60. The maximum absolute atomic E-state index is 11.7. The number of aryl methyl sites for hydroxylation is 1. The van der Waals surface area contributed by atoms with Gasteiger partial charge in [-0.2, -0.15) is 0 Å². The number of piperidine rings is 1. The van der Waals surface area contributed by atoms with Crippen LogP contribution in [0.5, 0.6) is 5.75 Å². The number of ether oxygens (including phenoxy) is 2. The number of fused-ring (bicyclic) bond motifs is 1. The van der Waals surface area contributed by atoms with Crippen molar-refractivity contribution in [1.29, 1.82) is 0 Å². The van der Waals surface area contributed by atoms with Gasteiger partial charge in [-0.25, -0.2) is 4.98 Å². The summed E-state index contributed by atoms with van der Waals surface area (Å²) in [5.74, 6) is 1.30. The van der Waals surface area contributed by atoms with Gasteiger partial charge in [-0.3, -0.25) is 4.79 Å². The van der Waals surface area contributed by atoms with E-state index in [1.165, 1.54) is 23.1 Å². The number of aromatic nitrogens is 1. The lowest BCUT2D eigenvalue weighted by Gasteiger charge is -2.31. The minimum Gasteiger partial charge on any atom is -0.494 e. The van der Waals surface area contributed by atoms with Crippen LogP contribution >= 0.6 is 11.3 Å². The summed E-state index contributed by atoms with van der Waals surface area (Å²) in [6.07, 6.45) is 3.67. The summed E-state index contributed by atoms with van der Waals surface area (Å²) in [4.78, 5) is 18.9. The molecule has 0 unspecified atom stereocenters. The Morgan fingerprint density at radius 2 is 2.03 bits per heavy atom. The third-order valence-corrected chi connectivity index (χ3v) is 6.84. The van der Waals surface area contributed by atoms with Crippen molar-refractivity contribution in [3.8, 4) is 5.75 Å². The van der Waals surface area contributed by atoms with Crippen LogP contribution in [0.4, 0.5) is 5.13 Å². The van der Waals surface area contributed by atoms with Gasteiger partial charge in [0.15, 0.2) is 5.13 Å². The molecule has 0 aliphatic carbocycles. The van der Waals surface area contributed by atoms with E-state index in [1.807, 2.05) is 31.2 Å². The van der Waals surface area contributed by atoms with Gasteiger partial charge in [0.05, 0.1) is 29.9 Å². The molecule has 5 nitrogen and oxygen atoms in total. The molecular formula is C25H30N2O3S. The first-order chi connectivity index (χ1) is 15.1. The quantitative estimate of drug-likeness (QED) is 0.441. The van der Waals surface area contributed by atoms with E-state index in [4.69, 9.17) is 14.5 Å². The minimum absolute atomic E-state index is 0.199. The van der Waals surface area contributed by atoms with Crippen LogP contribution in [0.2, 0.25) is 0 Å². The van der Waals surface area contributed by atoms with Gasteiger partial charge in [0.2, 0.25) is 0 Å². The molecule has 164 valence electrons. The van der Waals surface area contributed by atoms with Gasteiger partial charge in [0.1, 0.15) is 5.75 Å². The first-order valence-corrected chi connectivity index (χ1v) is 11.9. The lowest BCUT2D eigenvalue weighted by atomic mass is 9.94. The van der Waals surface area contributed by atoms with Gasteiger partial charge in [-0.05, 0) is 74.4 Å². The molecule has 0 saturated carbocycles. The highest BCUT2D eigenvalue weighted by Crippen LogP contribution is 2.32. The SMILES string of the molecule is CCOC(=O)Cc1cccc(OCCC2CCN(c3nc4ccc(C)cc4s3)CC2)c1. The monoisotopic (exact) mass is 438 g/mol. The Morgan fingerprint density at radius 3 is 2.84 bits per heavy atom. The molecule has 31 heavy (non-hydrogen) atoms. The fourth-order valence-electron chi connectivity index (χ4n) is 4.04. The second-order valence-corrected chi connectivity index (χ2v) is 9.17. The topological polar surface area (TPSA) is 51.7 Å². The van der Waals surface area contributed by atoms with E-state index in [0.717, 1.165) is 41.5 Å². The van der Waals surface area contributed by atoms with Crippen LogP contribution in [-0.4, -0.2) is 37.3 Å². The molecule has 2 heterocycles. The zero-order valence-electron chi connectivity index (χ0n) is 18.3. The van der Waals surface area contributed by atoms with Crippen molar-refractivity contribution in [2.45, 2.75) is 39.5 Å². The van der Waals surface area contributed by atoms with Crippen LogP contribution in [-0.2, 0) is 16.0 Å². The summed E-state index contributed by atoms with van der Waals surface area (Å²) in [6, 6.07) is 14.2. The van der Waals surface area contributed by atoms with Crippen molar-refractivity contribution in [3.63, 3.8) is 0 Å². The second kappa shape index (κ2) is 10.1. The molecule has 0 N–H and O–H groups in total. The van der Waals surface area contributed by atoms with E-state index in [-0.39, 0.29) is 12.4 Å². The van der Waals surface area contributed by atoms with E-state index in [1.54, 1.807) is 11.3 Å². The van der Waals surface area contributed by atoms with E-state index < -0.39 is 0 Å². The standard InChI is InChI=1S/C25H30N2O3S/c1-3-29-24(28)17-20-5-4-6-21(16-20)30-14-11-19-9-12-27(13-10-19)25-26-22-8-7-18(2)15-23(22)31-25/h4-8,15-16,19H,3,9-14,17H2,1-2H3. The number of hydrogen-bond acceptors (Lipinski definition) is 6. The molecule has 1 fully saturated rings. The predicted octanol–water partition coefficient (Wildman–Crippen LogP) is 5.40. The van der Waals surface area contributed by atoms with Crippen molar-refractivity contribution >= 4 is 32.7 Å². The van der Waals surface area contributed by atoms with Crippen LogP contribution in [0.1, 0.15) is 37.3 Å².